The van der Waals surface area contributed by atoms with E-state index >= 15 is 0 Å². The molecule has 2 aromatic heterocycles. The van der Waals surface area contributed by atoms with Gasteiger partial charge in [0.2, 0.25) is 0 Å². The zero-order valence-corrected chi connectivity index (χ0v) is 12.9. The van der Waals surface area contributed by atoms with Crippen LogP contribution in [0.25, 0.3) is 0 Å². The lowest BCUT2D eigenvalue weighted by Gasteiger charge is -2.04. The minimum Gasteiger partial charge on any atom is -0.363 e. The topological polar surface area (TPSA) is 91.8 Å². The van der Waals surface area contributed by atoms with Crippen LogP contribution in [0.5, 0.6) is 0 Å². The van der Waals surface area contributed by atoms with Gasteiger partial charge in [-0.05, 0) is 25.8 Å². The van der Waals surface area contributed by atoms with E-state index in [2.05, 4.69) is 20.1 Å². The molecule has 8 heteroatoms. The molecule has 0 bridgehead atoms. The summed E-state index contributed by atoms with van der Waals surface area (Å²) in [6, 6.07) is 2.24. The Morgan fingerprint density at radius 3 is 2.86 bits per heavy atom. The summed E-state index contributed by atoms with van der Waals surface area (Å²) in [5, 5.41) is 7.46. The number of aromatic nitrogens is 3. The van der Waals surface area contributed by atoms with Crippen LogP contribution in [0.15, 0.2) is 23.4 Å². The van der Waals surface area contributed by atoms with Gasteiger partial charge in [-0.3, -0.25) is 9.40 Å². The predicted octanol–water partition coefficient (Wildman–Crippen LogP) is 1.11. The number of aryl methyl sites for hydroxylation is 2. The first-order chi connectivity index (χ1) is 9.94. The quantitative estimate of drug-likeness (QED) is 0.745. The lowest BCUT2D eigenvalue weighted by atomic mass is 10.4. The summed E-state index contributed by atoms with van der Waals surface area (Å²) in [6.07, 6.45) is 5.56. The molecule has 2 aromatic rings. The molecule has 114 valence electrons. The Hall–Kier alpha value is -1.80. The minimum absolute atomic E-state index is 0.235. The molecule has 0 radical (unpaired) electrons. The Balaban J connectivity index is 1.73. The maximum absolute atomic E-state index is 12.3. The fourth-order valence-electron chi connectivity index (χ4n) is 2.12. The van der Waals surface area contributed by atoms with Crippen molar-refractivity contribution in [2.45, 2.75) is 37.2 Å². The number of nitrogens with one attached hydrogen (secondary N) is 3. The Kier molecular flexibility index (Phi) is 3.50. The molecule has 3 N–H and O–H groups in total. The number of aromatic amines is 1. The van der Waals surface area contributed by atoms with Crippen molar-refractivity contribution in [3.05, 3.63) is 29.8 Å². The minimum atomic E-state index is -3.59. The Bertz CT molecular complexity index is 742. The van der Waals surface area contributed by atoms with E-state index in [9.17, 15) is 8.42 Å². The summed E-state index contributed by atoms with van der Waals surface area (Å²) in [5.41, 5.74) is 2.01. The Labute approximate surface area is 123 Å². The van der Waals surface area contributed by atoms with Crippen LogP contribution in [0.3, 0.4) is 0 Å². The maximum atomic E-state index is 12.3. The van der Waals surface area contributed by atoms with Crippen LogP contribution >= 0.6 is 0 Å². The summed E-state index contributed by atoms with van der Waals surface area (Å²) in [6.45, 7) is 2.42. The zero-order valence-electron chi connectivity index (χ0n) is 12.0. The molecule has 0 unspecified atom stereocenters. The van der Waals surface area contributed by atoms with Crippen molar-refractivity contribution in [3.63, 3.8) is 0 Å². The molecule has 21 heavy (non-hydrogen) atoms. The van der Waals surface area contributed by atoms with Crippen molar-refractivity contribution in [2.75, 3.05) is 4.72 Å². The number of anilines is 1. The molecule has 1 fully saturated rings. The van der Waals surface area contributed by atoms with Gasteiger partial charge in [0, 0.05) is 37.7 Å². The maximum Gasteiger partial charge on any atom is 0.263 e. The highest BCUT2D eigenvalue weighted by atomic mass is 32.2. The average molecular weight is 309 g/mol. The van der Waals surface area contributed by atoms with Gasteiger partial charge in [-0.1, -0.05) is 0 Å². The van der Waals surface area contributed by atoms with E-state index in [1.165, 1.54) is 19.0 Å². The van der Waals surface area contributed by atoms with Gasteiger partial charge in [0.15, 0.2) is 0 Å². The monoisotopic (exact) mass is 309 g/mol. The Morgan fingerprint density at radius 1 is 1.48 bits per heavy atom. The average Bonchev–Trinajstić information content (AvgIpc) is 3.01. The molecule has 7 nitrogen and oxygen atoms in total. The second-order valence-electron chi connectivity index (χ2n) is 5.42. The second kappa shape index (κ2) is 5.19. The summed E-state index contributed by atoms with van der Waals surface area (Å²) in [7, 11) is -1.83. The smallest absolute Gasteiger partial charge is 0.263 e. The second-order valence-corrected chi connectivity index (χ2v) is 7.11. The van der Waals surface area contributed by atoms with E-state index in [-0.39, 0.29) is 4.90 Å². The van der Waals surface area contributed by atoms with E-state index in [1.807, 2.05) is 0 Å². The molecule has 3 rings (SSSR count). The molecule has 0 spiro atoms. The van der Waals surface area contributed by atoms with Gasteiger partial charge < -0.3 is 10.3 Å². The van der Waals surface area contributed by atoms with Gasteiger partial charge in [-0.15, -0.1) is 0 Å². The van der Waals surface area contributed by atoms with E-state index in [0.29, 0.717) is 24.0 Å². The van der Waals surface area contributed by atoms with Gasteiger partial charge in [0.25, 0.3) is 10.0 Å². The third-order valence-electron chi connectivity index (χ3n) is 3.44. The number of H-pyrrole nitrogens is 1. The first-order valence-electron chi connectivity index (χ1n) is 6.88. The first kappa shape index (κ1) is 14.2. The third kappa shape index (κ3) is 3.27. The van der Waals surface area contributed by atoms with Crippen LogP contribution in [0.1, 0.15) is 24.2 Å². The van der Waals surface area contributed by atoms with Crippen molar-refractivity contribution >= 4 is 15.7 Å². The van der Waals surface area contributed by atoms with E-state index < -0.39 is 10.0 Å². The lowest BCUT2D eigenvalue weighted by molar-refractivity contribution is 0.601. The van der Waals surface area contributed by atoms with Crippen molar-refractivity contribution in [3.8, 4) is 0 Å². The molecular formula is C13H19N5O2S. The van der Waals surface area contributed by atoms with Crippen LogP contribution in [-0.4, -0.2) is 29.2 Å². The third-order valence-corrected chi connectivity index (χ3v) is 4.79. The molecular weight excluding hydrogens is 290 g/mol. The first-order valence-corrected chi connectivity index (χ1v) is 8.36. The van der Waals surface area contributed by atoms with Crippen molar-refractivity contribution in [1.82, 2.24) is 20.1 Å². The highest BCUT2D eigenvalue weighted by Crippen LogP contribution is 2.21. The van der Waals surface area contributed by atoms with Crippen molar-refractivity contribution in [2.24, 2.45) is 7.05 Å². The largest absolute Gasteiger partial charge is 0.363 e. The van der Waals surface area contributed by atoms with E-state index in [4.69, 9.17) is 0 Å². The van der Waals surface area contributed by atoms with E-state index in [0.717, 1.165) is 5.69 Å². The standard InChI is InChI=1S/C13H19N5O2S/c1-9-13(8-18(2)16-9)17-21(19,20)12-5-11(15-7-12)6-14-10-3-4-10/h5,7-8,10,14-15,17H,3-4,6H2,1-2H3. The molecule has 0 aromatic carbocycles. The molecule has 0 saturated heterocycles. The summed E-state index contributed by atoms with van der Waals surface area (Å²) < 4.78 is 28.8. The number of rotatable bonds is 6. The molecule has 1 saturated carbocycles. The molecule has 2 heterocycles. The number of hydrogen-bond donors (Lipinski definition) is 3. The summed E-state index contributed by atoms with van der Waals surface area (Å²) in [4.78, 5) is 3.23. The SMILES string of the molecule is Cc1nn(C)cc1NS(=O)(=O)c1c[nH]c(CNC2CC2)c1. The summed E-state index contributed by atoms with van der Waals surface area (Å²) in [5.74, 6) is 0. The fourth-order valence-corrected chi connectivity index (χ4v) is 3.24. The number of nitrogens with zero attached hydrogens (tertiary/aromatic N) is 2. The van der Waals surface area contributed by atoms with Crippen LogP contribution < -0.4 is 10.0 Å². The molecule has 1 aliphatic rings. The van der Waals surface area contributed by atoms with Crippen molar-refractivity contribution in [1.29, 1.82) is 0 Å². The van der Waals surface area contributed by atoms with Crippen LogP contribution in [-0.2, 0) is 23.6 Å². The summed E-state index contributed by atoms with van der Waals surface area (Å²) >= 11 is 0. The van der Waals surface area contributed by atoms with Crippen LogP contribution in [0, 0.1) is 6.92 Å². The predicted molar refractivity (Wildman–Crippen MR) is 79.4 cm³/mol. The van der Waals surface area contributed by atoms with Gasteiger partial charge in [-0.25, -0.2) is 8.42 Å². The number of sulfonamides is 1. The molecule has 0 aliphatic heterocycles. The molecule has 1 aliphatic carbocycles. The fraction of sp³-hybridized carbons (Fsp3) is 0.462. The van der Waals surface area contributed by atoms with Crippen LogP contribution in [0.2, 0.25) is 0 Å². The zero-order chi connectivity index (χ0) is 15.0. The van der Waals surface area contributed by atoms with Crippen molar-refractivity contribution < 1.29 is 8.42 Å². The normalized spacial score (nSPS) is 15.3. The lowest BCUT2D eigenvalue weighted by Crippen LogP contribution is -2.15. The van der Waals surface area contributed by atoms with Gasteiger partial charge in [0.05, 0.1) is 11.4 Å². The molecule has 0 atom stereocenters. The van der Waals surface area contributed by atoms with Crippen LogP contribution in [0.4, 0.5) is 5.69 Å². The van der Waals surface area contributed by atoms with Gasteiger partial charge >= 0.3 is 0 Å². The Morgan fingerprint density at radius 2 is 2.24 bits per heavy atom. The van der Waals surface area contributed by atoms with Gasteiger partial charge in [0.1, 0.15) is 4.90 Å². The number of hydrogen-bond acceptors (Lipinski definition) is 4. The van der Waals surface area contributed by atoms with E-state index in [1.54, 1.807) is 30.9 Å². The van der Waals surface area contributed by atoms with Gasteiger partial charge in [-0.2, -0.15) is 5.10 Å². The molecule has 0 amide bonds. The highest BCUT2D eigenvalue weighted by molar-refractivity contribution is 7.92. The highest BCUT2D eigenvalue weighted by Gasteiger charge is 2.21.